The highest BCUT2D eigenvalue weighted by Gasteiger charge is 2.09. The Morgan fingerprint density at radius 1 is 1.58 bits per heavy atom. The molecular weight excluding hydrogens is 179 g/mol. The van der Waals surface area contributed by atoms with Crippen molar-refractivity contribution in [3.8, 4) is 12.3 Å². The first-order valence-corrected chi connectivity index (χ1v) is 3.62. The Kier molecular flexibility index (Phi) is 2.69. The molecule has 0 aliphatic rings. The first-order chi connectivity index (χ1) is 5.65. The quantitative estimate of drug-likeness (QED) is 0.663. The van der Waals surface area contributed by atoms with E-state index in [0.29, 0.717) is 5.02 Å². The fraction of sp³-hybridized carbons (Fsp3) is 0.111. The molecule has 0 spiro atoms. The molecule has 0 heterocycles. The average molecular weight is 185 g/mol. The standard InChI is InChI=1S/C9H6ClFO/c1-2-9(12)7-5-6(10)3-4-8(7)11/h1,3-5,9,12H/t9-/m1/s1. The number of aliphatic hydroxyl groups is 1. The monoisotopic (exact) mass is 184 g/mol. The van der Waals surface area contributed by atoms with Crippen molar-refractivity contribution in [3.63, 3.8) is 0 Å². The maximum Gasteiger partial charge on any atom is 0.142 e. The van der Waals surface area contributed by atoms with Crippen LogP contribution in [-0.4, -0.2) is 5.11 Å². The molecule has 1 atom stereocenters. The van der Waals surface area contributed by atoms with E-state index in [-0.39, 0.29) is 5.56 Å². The normalized spacial score (nSPS) is 12.2. The molecule has 0 radical (unpaired) electrons. The number of benzene rings is 1. The zero-order valence-corrected chi connectivity index (χ0v) is 6.85. The van der Waals surface area contributed by atoms with Gasteiger partial charge in [0.1, 0.15) is 11.9 Å². The Bertz CT molecular complexity index is 330. The predicted octanol–water partition coefficient (Wildman–Crippen LogP) is 2.15. The van der Waals surface area contributed by atoms with Gasteiger partial charge in [0.25, 0.3) is 0 Å². The number of hydrogen-bond donors (Lipinski definition) is 1. The van der Waals surface area contributed by atoms with E-state index in [4.69, 9.17) is 23.1 Å². The van der Waals surface area contributed by atoms with Crippen LogP contribution >= 0.6 is 11.6 Å². The van der Waals surface area contributed by atoms with Gasteiger partial charge in [0.05, 0.1) is 0 Å². The summed E-state index contributed by atoms with van der Waals surface area (Å²) < 4.78 is 12.9. The second-order valence-corrected chi connectivity index (χ2v) is 2.67. The van der Waals surface area contributed by atoms with Gasteiger partial charge in [-0.05, 0) is 18.2 Å². The van der Waals surface area contributed by atoms with Crippen molar-refractivity contribution in [2.75, 3.05) is 0 Å². The van der Waals surface area contributed by atoms with E-state index in [1.807, 2.05) is 5.92 Å². The minimum absolute atomic E-state index is 0.0324. The molecule has 0 saturated heterocycles. The minimum atomic E-state index is -1.23. The van der Waals surface area contributed by atoms with Gasteiger partial charge in [0, 0.05) is 10.6 Å². The van der Waals surface area contributed by atoms with Gasteiger partial charge in [-0.15, -0.1) is 6.42 Å². The molecular formula is C9H6ClFO. The van der Waals surface area contributed by atoms with Crippen LogP contribution in [0, 0.1) is 18.2 Å². The van der Waals surface area contributed by atoms with Crippen LogP contribution < -0.4 is 0 Å². The summed E-state index contributed by atoms with van der Waals surface area (Å²) in [5.74, 6) is 1.46. The van der Waals surface area contributed by atoms with Crippen molar-refractivity contribution in [2.24, 2.45) is 0 Å². The van der Waals surface area contributed by atoms with Gasteiger partial charge in [-0.2, -0.15) is 0 Å². The van der Waals surface area contributed by atoms with Gasteiger partial charge in [-0.25, -0.2) is 4.39 Å². The van der Waals surface area contributed by atoms with E-state index >= 15 is 0 Å². The first-order valence-electron chi connectivity index (χ1n) is 3.24. The third-order valence-corrected chi connectivity index (χ3v) is 1.65. The Morgan fingerprint density at radius 2 is 2.25 bits per heavy atom. The van der Waals surface area contributed by atoms with E-state index in [0.717, 1.165) is 6.07 Å². The lowest BCUT2D eigenvalue weighted by atomic mass is 10.1. The van der Waals surface area contributed by atoms with Crippen molar-refractivity contribution < 1.29 is 9.50 Å². The summed E-state index contributed by atoms with van der Waals surface area (Å²) in [4.78, 5) is 0. The molecule has 1 aromatic rings. The third kappa shape index (κ3) is 1.76. The summed E-state index contributed by atoms with van der Waals surface area (Å²) in [7, 11) is 0. The lowest BCUT2D eigenvalue weighted by Gasteiger charge is -2.04. The fourth-order valence-corrected chi connectivity index (χ4v) is 0.994. The number of rotatable bonds is 1. The molecule has 1 aromatic carbocycles. The van der Waals surface area contributed by atoms with Crippen molar-refractivity contribution >= 4 is 11.6 Å². The lowest BCUT2D eigenvalue weighted by molar-refractivity contribution is 0.233. The van der Waals surface area contributed by atoms with Crippen LogP contribution in [0.3, 0.4) is 0 Å². The maximum atomic E-state index is 12.9. The van der Waals surface area contributed by atoms with Gasteiger partial charge in [0.15, 0.2) is 0 Å². The molecule has 0 aliphatic carbocycles. The molecule has 1 nitrogen and oxygen atoms in total. The van der Waals surface area contributed by atoms with Crippen LogP contribution in [0.1, 0.15) is 11.7 Å². The van der Waals surface area contributed by atoms with E-state index < -0.39 is 11.9 Å². The Balaban J connectivity index is 3.15. The highest BCUT2D eigenvalue weighted by Crippen LogP contribution is 2.20. The van der Waals surface area contributed by atoms with Crippen LogP contribution in [0.15, 0.2) is 18.2 Å². The van der Waals surface area contributed by atoms with Crippen LogP contribution in [0.4, 0.5) is 4.39 Å². The van der Waals surface area contributed by atoms with Crippen molar-refractivity contribution in [1.82, 2.24) is 0 Å². The van der Waals surface area contributed by atoms with Crippen LogP contribution in [0.5, 0.6) is 0 Å². The molecule has 3 heteroatoms. The fourth-order valence-electron chi connectivity index (χ4n) is 0.814. The number of aliphatic hydroxyl groups excluding tert-OH is 1. The second-order valence-electron chi connectivity index (χ2n) is 2.24. The summed E-state index contributed by atoms with van der Waals surface area (Å²) >= 11 is 5.57. The summed E-state index contributed by atoms with van der Waals surface area (Å²) in [5, 5.41) is 9.45. The average Bonchev–Trinajstić information content (AvgIpc) is 2.08. The van der Waals surface area contributed by atoms with Crippen LogP contribution in [0.2, 0.25) is 5.02 Å². The highest BCUT2D eigenvalue weighted by molar-refractivity contribution is 6.30. The van der Waals surface area contributed by atoms with Gasteiger partial charge in [0.2, 0.25) is 0 Å². The van der Waals surface area contributed by atoms with Gasteiger partial charge < -0.3 is 5.11 Å². The number of hydrogen-bond acceptors (Lipinski definition) is 1. The highest BCUT2D eigenvalue weighted by atomic mass is 35.5. The van der Waals surface area contributed by atoms with Crippen molar-refractivity contribution in [3.05, 3.63) is 34.6 Å². The van der Waals surface area contributed by atoms with E-state index in [9.17, 15) is 4.39 Å². The smallest absolute Gasteiger partial charge is 0.142 e. The molecule has 0 saturated carbocycles. The Hall–Kier alpha value is -1.04. The molecule has 0 fully saturated rings. The van der Waals surface area contributed by atoms with Gasteiger partial charge in [-0.3, -0.25) is 0 Å². The predicted molar refractivity (Wildman–Crippen MR) is 45.2 cm³/mol. The van der Waals surface area contributed by atoms with Gasteiger partial charge >= 0.3 is 0 Å². The molecule has 0 amide bonds. The molecule has 1 rings (SSSR count). The molecule has 0 unspecified atom stereocenters. The Labute approximate surface area is 74.8 Å². The van der Waals surface area contributed by atoms with Crippen LogP contribution in [0.25, 0.3) is 0 Å². The number of terminal acetylenes is 1. The zero-order chi connectivity index (χ0) is 9.14. The molecule has 12 heavy (non-hydrogen) atoms. The summed E-state index contributed by atoms with van der Waals surface area (Å²) in [6.07, 6.45) is 3.68. The van der Waals surface area contributed by atoms with E-state index in [2.05, 4.69) is 0 Å². The molecule has 0 aliphatic heterocycles. The maximum absolute atomic E-state index is 12.9. The molecule has 0 bridgehead atoms. The summed E-state index contributed by atoms with van der Waals surface area (Å²) in [6, 6.07) is 3.86. The zero-order valence-electron chi connectivity index (χ0n) is 6.09. The largest absolute Gasteiger partial charge is 0.376 e. The molecule has 62 valence electrons. The number of halogens is 2. The molecule has 1 N–H and O–H groups in total. The van der Waals surface area contributed by atoms with Crippen LogP contribution in [-0.2, 0) is 0 Å². The third-order valence-electron chi connectivity index (χ3n) is 1.41. The van der Waals surface area contributed by atoms with E-state index in [1.165, 1.54) is 12.1 Å². The lowest BCUT2D eigenvalue weighted by Crippen LogP contribution is -1.96. The molecule has 0 aromatic heterocycles. The summed E-state index contributed by atoms with van der Waals surface area (Å²) in [5.41, 5.74) is 0.0324. The van der Waals surface area contributed by atoms with Crippen molar-refractivity contribution in [1.29, 1.82) is 0 Å². The van der Waals surface area contributed by atoms with Gasteiger partial charge in [-0.1, -0.05) is 17.5 Å². The van der Waals surface area contributed by atoms with E-state index in [1.54, 1.807) is 0 Å². The second kappa shape index (κ2) is 3.57. The first kappa shape index (κ1) is 9.05. The topological polar surface area (TPSA) is 20.2 Å². The summed E-state index contributed by atoms with van der Waals surface area (Å²) in [6.45, 7) is 0. The minimum Gasteiger partial charge on any atom is -0.376 e. The van der Waals surface area contributed by atoms with Crippen molar-refractivity contribution in [2.45, 2.75) is 6.10 Å². The SMILES string of the molecule is C#C[C@@H](O)c1cc(Cl)ccc1F. The Morgan fingerprint density at radius 3 is 2.83 bits per heavy atom.